The number of hydrogen-bond donors (Lipinski definition) is 1. The minimum Gasteiger partial charge on any atom is -0.493 e. The molecule has 0 saturated heterocycles. The predicted molar refractivity (Wildman–Crippen MR) is 130 cm³/mol. The number of hydrogen-bond acceptors (Lipinski definition) is 3. The van der Waals surface area contributed by atoms with Gasteiger partial charge in [-0.15, -0.1) is 0 Å². The summed E-state index contributed by atoms with van der Waals surface area (Å²) in [5, 5.41) is 4.15. The van der Waals surface area contributed by atoms with E-state index in [0.717, 1.165) is 67.7 Å². The number of nitrogens with one attached hydrogen (secondary N) is 1. The third-order valence-corrected chi connectivity index (χ3v) is 6.43. The summed E-state index contributed by atoms with van der Waals surface area (Å²) in [7, 11) is 0. The number of halogens is 1. The molecule has 2 aromatic carbocycles. The maximum absolute atomic E-state index is 12.8. The molecule has 0 spiro atoms. The Bertz CT molecular complexity index is 1190. The second-order valence-corrected chi connectivity index (χ2v) is 9.09. The van der Waals surface area contributed by atoms with Gasteiger partial charge in [0.25, 0.3) is 0 Å². The highest BCUT2D eigenvalue weighted by Gasteiger charge is 2.23. The van der Waals surface area contributed by atoms with Crippen molar-refractivity contribution in [3.05, 3.63) is 62.8 Å². The monoisotopic (exact) mass is 481 g/mol. The van der Waals surface area contributed by atoms with Gasteiger partial charge in [0.2, 0.25) is 5.91 Å². The van der Waals surface area contributed by atoms with E-state index in [1.165, 1.54) is 18.4 Å². The number of ether oxygens (including phenoxy) is 1. The number of benzene rings is 2. The van der Waals surface area contributed by atoms with Crippen LogP contribution < -0.4 is 10.1 Å². The normalized spacial score (nSPS) is 13.9. The lowest BCUT2D eigenvalue weighted by molar-refractivity contribution is -0.111. The molecule has 0 unspecified atom stereocenters. The van der Waals surface area contributed by atoms with Crippen molar-refractivity contribution in [2.75, 3.05) is 11.9 Å². The van der Waals surface area contributed by atoms with Gasteiger partial charge in [0.05, 0.1) is 6.61 Å². The average molecular weight is 482 g/mol. The summed E-state index contributed by atoms with van der Waals surface area (Å²) < 4.78 is 13.3. The van der Waals surface area contributed by atoms with Crippen LogP contribution >= 0.6 is 15.9 Å². The number of furan rings is 1. The van der Waals surface area contributed by atoms with E-state index < -0.39 is 0 Å². The molecule has 0 bridgehead atoms. The van der Waals surface area contributed by atoms with Crippen molar-refractivity contribution in [3.63, 3.8) is 0 Å². The third kappa shape index (κ3) is 4.29. The van der Waals surface area contributed by atoms with E-state index >= 15 is 0 Å². The first kappa shape index (κ1) is 21.7. The van der Waals surface area contributed by atoms with Crippen molar-refractivity contribution < 1.29 is 13.9 Å². The van der Waals surface area contributed by atoms with Crippen LogP contribution in [-0.4, -0.2) is 12.5 Å². The Morgan fingerprint density at radius 3 is 2.74 bits per heavy atom. The van der Waals surface area contributed by atoms with Gasteiger partial charge in [-0.1, -0.05) is 15.9 Å². The van der Waals surface area contributed by atoms with Gasteiger partial charge in [-0.2, -0.15) is 0 Å². The van der Waals surface area contributed by atoms with Gasteiger partial charge in [-0.3, -0.25) is 4.79 Å². The number of anilines is 1. The van der Waals surface area contributed by atoms with Crippen molar-refractivity contribution in [2.24, 2.45) is 0 Å². The topological polar surface area (TPSA) is 51.5 Å². The molecule has 4 nitrogen and oxygen atoms in total. The van der Waals surface area contributed by atoms with Gasteiger partial charge in [-0.05, 0) is 82.4 Å². The van der Waals surface area contributed by atoms with Crippen LogP contribution in [0, 0.1) is 13.8 Å². The summed E-state index contributed by atoms with van der Waals surface area (Å²) in [6, 6.07) is 7.95. The van der Waals surface area contributed by atoms with E-state index in [2.05, 4.69) is 27.3 Å². The second-order valence-electron chi connectivity index (χ2n) is 8.17. The number of amides is 1. The number of allylic oxidation sites excluding steroid dienone is 1. The summed E-state index contributed by atoms with van der Waals surface area (Å²) in [6.07, 6.45) is 6.05. The van der Waals surface area contributed by atoms with Gasteiger partial charge in [0.1, 0.15) is 17.1 Å². The Kier molecular flexibility index (Phi) is 6.24. The van der Waals surface area contributed by atoms with E-state index in [9.17, 15) is 4.79 Å². The van der Waals surface area contributed by atoms with E-state index in [4.69, 9.17) is 9.15 Å². The van der Waals surface area contributed by atoms with E-state index in [1.54, 1.807) is 6.08 Å². The Morgan fingerprint density at radius 1 is 1.23 bits per heavy atom. The zero-order chi connectivity index (χ0) is 22.1. The maximum Gasteiger partial charge on any atom is 0.248 e. The van der Waals surface area contributed by atoms with Gasteiger partial charge in [0, 0.05) is 44.7 Å². The molecular weight excluding hydrogens is 454 g/mol. The SMILES string of the molecule is CCOc1c(/C(C)=C/C(=O)Nc2ccc(Br)cc2C)cc2c3c(oc2c1C)CCCC3. The fraction of sp³-hybridized carbons (Fsp3) is 0.346. The molecule has 0 aliphatic heterocycles. The molecule has 1 amide bonds. The second kappa shape index (κ2) is 8.91. The largest absolute Gasteiger partial charge is 0.493 e. The number of carbonyl (C=O) groups is 1. The Morgan fingerprint density at radius 2 is 2.00 bits per heavy atom. The maximum atomic E-state index is 12.8. The molecule has 1 aromatic heterocycles. The summed E-state index contributed by atoms with van der Waals surface area (Å²) in [5.74, 6) is 1.74. The van der Waals surface area contributed by atoms with E-state index in [1.807, 2.05) is 45.9 Å². The fourth-order valence-corrected chi connectivity index (χ4v) is 4.85. The quantitative estimate of drug-likeness (QED) is 0.394. The summed E-state index contributed by atoms with van der Waals surface area (Å²) in [4.78, 5) is 12.8. The zero-order valence-corrected chi connectivity index (χ0v) is 20.1. The summed E-state index contributed by atoms with van der Waals surface area (Å²) >= 11 is 3.46. The Labute approximate surface area is 191 Å². The summed E-state index contributed by atoms with van der Waals surface area (Å²) in [6.45, 7) is 8.51. The molecule has 1 aliphatic rings. The minimum atomic E-state index is -0.155. The predicted octanol–water partition coefficient (Wildman–Crippen LogP) is 7.13. The van der Waals surface area contributed by atoms with Gasteiger partial charge >= 0.3 is 0 Å². The molecule has 1 N–H and O–H groups in total. The highest BCUT2D eigenvalue weighted by molar-refractivity contribution is 9.10. The van der Waals surface area contributed by atoms with Crippen molar-refractivity contribution in [1.82, 2.24) is 0 Å². The first-order chi connectivity index (χ1) is 14.9. The molecule has 0 atom stereocenters. The molecule has 1 heterocycles. The fourth-order valence-electron chi connectivity index (χ4n) is 4.37. The van der Waals surface area contributed by atoms with Crippen LogP contribution in [-0.2, 0) is 17.6 Å². The smallest absolute Gasteiger partial charge is 0.248 e. The minimum absolute atomic E-state index is 0.155. The first-order valence-electron chi connectivity index (χ1n) is 10.9. The Balaban J connectivity index is 1.74. The van der Waals surface area contributed by atoms with Crippen molar-refractivity contribution >= 4 is 44.1 Å². The molecule has 4 rings (SSSR count). The number of carbonyl (C=O) groups excluding carboxylic acids is 1. The molecule has 162 valence electrons. The lowest BCUT2D eigenvalue weighted by atomic mass is 9.93. The van der Waals surface area contributed by atoms with Crippen LogP contribution in [0.15, 0.2) is 39.2 Å². The van der Waals surface area contributed by atoms with Crippen molar-refractivity contribution in [3.8, 4) is 5.75 Å². The lowest BCUT2D eigenvalue weighted by Crippen LogP contribution is -2.10. The average Bonchev–Trinajstić information content (AvgIpc) is 3.11. The van der Waals surface area contributed by atoms with E-state index in [0.29, 0.717) is 6.61 Å². The molecular formula is C26H28BrNO3. The summed E-state index contributed by atoms with van der Waals surface area (Å²) in [5.41, 5.74) is 6.86. The molecule has 0 saturated carbocycles. The number of rotatable bonds is 5. The van der Waals surface area contributed by atoms with Gasteiger partial charge in [-0.25, -0.2) is 0 Å². The van der Waals surface area contributed by atoms with Crippen LogP contribution in [0.3, 0.4) is 0 Å². The zero-order valence-electron chi connectivity index (χ0n) is 18.5. The van der Waals surface area contributed by atoms with Crippen LogP contribution in [0.25, 0.3) is 16.5 Å². The van der Waals surface area contributed by atoms with Crippen molar-refractivity contribution in [1.29, 1.82) is 0 Å². The first-order valence-corrected chi connectivity index (χ1v) is 11.6. The van der Waals surface area contributed by atoms with Crippen LogP contribution in [0.2, 0.25) is 0 Å². The molecule has 31 heavy (non-hydrogen) atoms. The molecule has 1 aliphatic carbocycles. The van der Waals surface area contributed by atoms with Crippen molar-refractivity contribution in [2.45, 2.75) is 53.4 Å². The van der Waals surface area contributed by atoms with Crippen LogP contribution in [0.5, 0.6) is 5.75 Å². The van der Waals surface area contributed by atoms with E-state index in [-0.39, 0.29) is 5.91 Å². The van der Waals surface area contributed by atoms with Gasteiger partial charge in [0.15, 0.2) is 0 Å². The Hall–Kier alpha value is -2.53. The molecule has 5 heteroatoms. The standard InChI is InChI=1S/C26H28BrNO3/c1-5-30-25-17(4)26-21(19-8-6-7-9-23(19)31-26)14-20(25)15(2)13-24(29)28-22-11-10-18(27)12-16(22)3/h10-14H,5-9H2,1-4H3,(H,28,29)/b15-13+. The highest BCUT2D eigenvalue weighted by Crippen LogP contribution is 2.41. The lowest BCUT2D eigenvalue weighted by Gasteiger charge is -2.15. The number of fused-ring (bicyclic) bond motifs is 3. The molecule has 0 fully saturated rings. The van der Waals surface area contributed by atoms with Gasteiger partial charge < -0.3 is 14.5 Å². The van der Waals surface area contributed by atoms with Crippen LogP contribution in [0.4, 0.5) is 5.69 Å². The molecule has 0 radical (unpaired) electrons. The number of aryl methyl sites for hydroxylation is 4. The van der Waals surface area contributed by atoms with Crippen LogP contribution in [0.1, 0.15) is 54.7 Å². The molecule has 3 aromatic rings. The third-order valence-electron chi connectivity index (χ3n) is 5.93. The highest BCUT2D eigenvalue weighted by atomic mass is 79.9.